The summed E-state index contributed by atoms with van der Waals surface area (Å²) in [7, 11) is 1.73. The predicted molar refractivity (Wildman–Crippen MR) is 98.3 cm³/mol. The van der Waals surface area contributed by atoms with E-state index in [1.165, 1.54) is 22.5 Å². The largest absolute Gasteiger partial charge is 0.497 e. The van der Waals surface area contributed by atoms with Crippen LogP contribution in [0, 0.1) is 0 Å². The number of rotatable bonds is 3. The fraction of sp³-hybridized carbons (Fsp3) is 0.381. The highest BCUT2D eigenvalue weighted by molar-refractivity contribution is 5.87. The van der Waals surface area contributed by atoms with Crippen LogP contribution in [0.1, 0.15) is 42.5 Å². The summed E-state index contributed by atoms with van der Waals surface area (Å²) in [5.41, 5.74) is 5.34. The summed E-state index contributed by atoms with van der Waals surface area (Å²) >= 11 is 0. The Morgan fingerprint density at radius 3 is 2.88 bits per heavy atom. The van der Waals surface area contributed by atoms with Crippen LogP contribution in [0.3, 0.4) is 0 Å². The maximum atomic E-state index is 5.44. The first-order valence-corrected chi connectivity index (χ1v) is 8.89. The highest BCUT2D eigenvalue weighted by atomic mass is 16.5. The number of nitrogens with zero attached hydrogens (tertiary/aromatic N) is 2. The number of amidine groups is 1. The molecular formula is C21H24N2O. The van der Waals surface area contributed by atoms with Crippen molar-refractivity contribution in [3.05, 3.63) is 59.2 Å². The number of hydrogen-bond donors (Lipinski definition) is 0. The average molecular weight is 320 g/mol. The van der Waals surface area contributed by atoms with E-state index in [1.807, 2.05) is 6.07 Å². The van der Waals surface area contributed by atoms with Crippen molar-refractivity contribution in [2.24, 2.45) is 4.99 Å². The highest BCUT2D eigenvalue weighted by Gasteiger charge is 2.31. The van der Waals surface area contributed by atoms with Crippen molar-refractivity contribution in [2.75, 3.05) is 13.7 Å². The van der Waals surface area contributed by atoms with Gasteiger partial charge >= 0.3 is 0 Å². The minimum atomic E-state index is 0.383. The van der Waals surface area contributed by atoms with E-state index in [-0.39, 0.29) is 0 Å². The number of aliphatic imine (C=N–C) groups is 1. The van der Waals surface area contributed by atoms with Crippen molar-refractivity contribution < 1.29 is 4.74 Å². The molecule has 0 radical (unpaired) electrons. The molecule has 0 N–H and O–H groups in total. The van der Waals surface area contributed by atoms with Gasteiger partial charge in [0, 0.05) is 13.0 Å². The summed E-state index contributed by atoms with van der Waals surface area (Å²) in [6.07, 6.45) is 4.24. The van der Waals surface area contributed by atoms with Crippen LogP contribution in [0.4, 0.5) is 5.69 Å². The molecular weight excluding hydrogens is 296 g/mol. The number of methoxy groups -OCH3 is 1. The van der Waals surface area contributed by atoms with Crippen molar-refractivity contribution in [3.63, 3.8) is 0 Å². The van der Waals surface area contributed by atoms with Crippen LogP contribution in [-0.4, -0.2) is 24.4 Å². The maximum absolute atomic E-state index is 5.44. The van der Waals surface area contributed by atoms with Crippen molar-refractivity contribution in [1.29, 1.82) is 0 Å². The van der Waals surface area contributed by atoms with E-state index in [0.29, 0.717) is 6.04 Å². The monoisotopic (exact) mass is 320 g/mol. The zero-order valence-electron chi connectivity index (χ0n) is 14.5. The molecule has 4 rings (SSSR count). The molecule has 0 spiro atoms. The van der Waals surface area contributed by atoms with Gasteiger partial charge in [-0.15, -0.1) is 0 Å². The maximum Gasteiger partial charge on any atom is 0.119 e. The lowest BCUT2D eigenvalue weighted by Gasteiger charge is -2.38. The molecule has 3 heteroatoms. The Labute approximate surface area is 144 Å². The number of fused-ring (bicyclic) bond motifs is 4. The van der Waals surface area contributed by atoms with Crippen LogP contribution in [0.2, 0.25) is 0 Å². The van der Waals surface area contributed by atoms with Gasteiger partial charge in [-0.05, 0) is 54.2 Å². The Morgan fingerprint density at radius 2 is 2.04 bits per heavy atom. The standard InChI is InChI=1S/C21H24N2O/c1-3-6-21-22-19-10-9-17(24-2)13-16(19)14-20-18-8-5-4-7-15(18)11-12-23(20)21/h4-5,7-10,13,20H,3,6,11-12,14H2,1-2H3. The van der Waals surface area contributed by atoms with Crippen molar-refractivity contribution >= 4 is 11.5 Å². The molecule has 2 aromatic carbocycles. The molecule has 24 heavy (non-hydrogen) atoms. The zero-order valence-corrected chi connectivity index (χ0v) is 14.5. The first-order valence-electron chi connectivity index (χ1n) is 8.89. The van der Waals surface area contributed by atoms with E-state index in [4.69, 9.17) is 9.73 Å². The third kappa shape index (κ3) is 2.58. The van der Waals surface area contributed by atoms with Gasteiger partial charge in [0.2, 0.25) is 0 Å². The van der Waals surface area contributed by atoms with Gasteiger partial charge in [0.15, 0.2) is 0 Å². The second-order valence-electron chi connectivity index (χ2n) is 6.63. The molecule has 2 aliphatic heterocycles. The summed E-state index contributed by atoms with van der Waals surface area (Å²) in [6, 6.07) is 15.6. The van der Waals surface area contributed by atoms with E-state index in [9.17, 15) is 0 Å². The second kappa shape index (κ2) is 6.31. The van der Waals surface area contributed by atoms with Crippen molar-refractivity contribution in [3.8, 4) is 5.75 Å². The Bertz CT molecular complexity index is 781. The summed E-state index contributed by atoms with van der Waals surface area (Å²) in [4.78, 5) is 7.59. The lowest BCUT2D eigenvalue weighted by atomic mass is 9.88. The summed E-state index contributed by atoms with van der Waals surface area (Å²) in [5.74, 6) is 2.15. The van der Waals surface area contributed by atoms with E-state index in [2.05, 4.69) is 48.2 Å². The van der Waals surface area contributed by atoms with E-state index < -0.39 is 0 Å². The first kappa shape index (κ1) is 15.3. The van der Waals surface area contributed by atoms with Crippen LogP contribution < -0.4 is 4.74 Å². The van der Waals surface area contributed by atoms with Crippen LogP contribution in [0.25, 0.3) is 0 Å². The molecule has 0 aromatic heterocycles. The molecule has 0 bridgehead atoms. The molecule has 124 valence electrons. The van der Waals surface area contributed by atoms with Gasteiger partial charge in [-0.25, -0.2) is 4.99 Å². The minimum Gasteiger partial charge on any atom is -0.497 e. The van der Waals surface area contributed by atoms with Crippen LogP contribution >= 0.6 is 0 Å². The molecule has 0 fully saturated rings. The van der Waals surface area contributed by atoms with Crippen LogP contribution in [0.15, 0.2) is 47.5 Å². The van der Waals surface area contributed by atoms with Gasteiger partial charge in [0.05, 0.1) is 18.8 Å². The van der Waals surface area contributed by atoms with Gasteiger partial charge in [0.1, 0.15) is 11.6 Å². The third-order valence-electron chi connectivity index (χ3n) is 5.17. The molecule has 3 nitrogen and oxygen atoms in total. The molecule has 1 unspecified atom stereocenters. The molecule has 2 aromatic rings. The number of benzene rings is 2. The molecule has 1 atom stereocenters. The van der Waals surface area contributed by atoms with Crippen molar-refractivity contribution in [2.45, 2.75) is 38.6 Å². The first-order chi connectivity index (χ1) is 11.8. The second-order valence-corrected chi connectivity index (χ2v) is 6.63. The van der Waals surface area contributed by atoms with Crippen molar-refractivity contribution in [1.82, 2.24) is 4.90 Å². The molecule has 0 saturated heterocycles. The van der Waals surface area contributed by atoms with E-state index in [0.717, 1.165) is 43.7 Å². The smallest absolute Gasteiger partial charge is 0.119 e. The normalized spacial score (nSPS) is 18.8. The Kier molecular flexibility index (Phi) is 4.01. The summed E-state index contributed by atoms with van der Waals surface area (Å²) < 4.78 is 5.44. The fourth-order valence-corrected chi connectivity index (χ4v) is 3.98. The van der Waals surface area contributed by atoms with Gasteiger partial charge in [-0.2, -0.15) is 0 Å². The fourth-order valence-electron chi connectivity index (χ4n) is 3.98. The quantitative estimate of drug-likeness (QED) is 0.820. The molecule has 0 amide bonds. The molecule has 2 aliphatic rings. The van der Waals surface area contributed by atoms with Crippen LogP contribution in [0.5, 0.6) is 5.75 Å². The topological polar surface area (TPSA) is 24.8 Å². The van der Waals surface area contributed by atoms with Gasteiger partial charge in [-0.1, -0.05) is 31.2 Å². The average Bonchev–Trinajstić information content (AvgIpc) is 2.78. The third-order valence-corrected chi connectivity index (χ3v) is 5.17. The molecule has 0 saturated carbocycles. The SMILES string of the molecule is CCCC1=Nc2ccc(OC)cc2CC2c3ccccc3CCN12. The van der Waals surface area contributed by atoms with Crippen LogP contribution in [-0.2, 0) is 12.8 Å². The summed E-state index contributed by atoms with van der Waals surface area (Å²) in [5, 5.41) is 0. The summed E-state index contributed by atoms with van der Waals surface area (Å²) in [6.45, 7) is 3.29. The van der Waals surface area contributed by atoms with E-state index >= 15 is 0 Å². The highest BCUT2D eigenvalue weighted by Crippen LogP contribution is 2.39. The Hall–Kier alpha value is -2.29. The van der Waals surface area contributed by atoms with E-state index in [1.54, 1.807) is 7.11 Å². The van der Waals surface area contributed by atoms with Gasteiger partial charge in [0.25, 0.3) is 0 Å². The zero-order chi connectivity index (χ0) is 16.5. The number of ether oxygens (including phenoxy) is 1. The Morgan fingerprint density at radius 1 is 1.17 bits per heavy atom. The van der Waals surface area contributed by atoms with Gasteiger partial charge < -0.3 is 9.64 Å². The molecule has 2 heterocycles. The number of hydrogen-bond acceptors (Lipinski definition) is 3. The lowest BCUT2D eigenvalue weighted by molar-refractivity contribution is 0.293. The predicted octanol–water partition coefficient (Wildman–Crippen LogP) is 4.68. The van der Waals surface area contributed by atoms with Gasteiger partial charge in [-0.3, -0.25) is 0 Å². The Balaban J connectivity index is 1.84. The molecule has 0 aliphatic carbocycles. The minimum absolute atomic E-state index is 0.383. The lowest BCUT2D eigenvalue weighted by Crippen LogP contribution is -2.40.